The molecular formula is C15H17ClN6. The minimum atomic E-state index is 0.567. The fourth-order valence-electron chi connectivity index (χ4n) is 2.28. The lowest BCUT2D eigenvalue weighted by molar-refractivity contribution is 0.813. The minimum absolute atomic E-state index is 0.567. The predicted molar refractivity (Wildman–Crippen MR) is 89.8 cm³/mol. The molecule has 0 spiro atoms. The van der Waals surface area contributed by atoms with Gasteiger partial charge in [-0.3, -0.25) is 0 Å². The monoisotopic (exact) mass is 316 g/mol. The average Bonchev–Trinajstić information content (AvgIpc) is 2.91. The molecule has 114 valence electrons. The van der Waals surface area contributed by atoms with Crippen molar-refractivity contribution in [3.05, 3.63) is 41.2 Å². The second-order valence-corrected chi connectivity index (χ2v) is 5.56. The van der Waals surface area contributed by atoms with Crippen molar-refractivity contribution in [1.29, 1.82) is 0 Å². The molecule has 0 radical (unpaired) electrons. The van der Waals surface area contributed by atoms with Gasteiger partial charge in [0, 0.05) is 26.2 Å². The van der Waals surface area contributed by atoms with Crippen molar-refractivity contribution in [1.82, 2.24) is 19.5 Å². The summed E-state index contributed by atoms with van der Waals surface area (Å²) in [5.41, 5.74) is 2.58. The number of nitrogens with zero attached hydrogens (tertiary/aromatic N) is 5. The first-order chi connectivity index (χ1) is 10.6. The lowest BCUT2D eigenvalue weighted by Gasteiger charge is -2.13. The summed E-state index contributed by atoms with van der Waals surface area (Å²) in [7, 11) is 5.68. The maximum absolute atomic E-state index is 6.25. The fraction of sp³-hybridized carbons (Fsp3) is 0.267. The number of imidazole rings is 1. The van der Waals surface area contributed by atoms with Crippen molar-refractivity contribution in [2.75, 3.05) is 31.4 Å². The molecule has 0 saturated heterocycles. The van der Waals surface area contributed by atoms with E-state index in [1.807, 2.05) is 47.8 Å². The Bertz CT molecular complexity index is 811. The molecule has 7 heteroatoms. The van der Waals surface area contributed by atoms with Crippen molar-refractivity contribution in [3.63, 3.8) is 0 Å². The third-order valence-electron chi connectivity index (χ3n) is 3.39. The Balaban J connectivity index is 2.11. The van der Waals surface area contributed by atoms with Gasteiger partial charge in [-0.1, -0.05) is 29.8 Å². The van der Waals surface area contributed by atoms with Crippen LogP contribution in [-0.2, 0) is 6.54 Å². The van der Waals surface area contributed by atoms with Gasteiger partial charge in [0.25, 0.3) is 0 Å². The number of rotatable bonds is 4. The van der Waals surface area contributed by atoms with E-state index in [9.17, 15) is 0 Å². The number of halogens is 1. The van der Waals surface area contributed by atoms with Crippen molar-refractivity contribution in [3.8, 4) is 0 Å². The summed E-state index contributed by atoms with van der Waals surface area (Å²) in [5, 5.41) is 3.73. The van der Waals surface area contributed by atoms with Crippen LogP contribution in [0.2, 0.25) is 5.02 Å². The molecule has 2 heterocycles. The summed E-state index contributed by atoms with van der Waals surface area (Å²) in [6, 6.07) is 7.78. The Kier molecular flexibility index (Phi) is 3.85. The van der Waals surface area contributed by atoms with E-state index in [1.165, 1.54) is 0 Å². The van der Waals surface area contributed by atoms with Crippen LogP contribution in [0.3, 0.4) is 0 Å². The van der Waals surface area contributed by atoms with Gasteiger partial charge in [-0.25, -0.2) is 4.98 Å². The molecule has 0 unspecified atom stereocenters. The summed E-state index contributed by atoms with van der Waals surface area (Å²) >= 11 is 6.25. The van der Waals surface area contributed by atoms with Gasteiger partial charge in [0.15, 0.2) is 17.0 Å². The maximum Gasteiger partial charge on any atom is 0.226 e. The molecular weight excluding hydrogens is 300 g/mol. The van der Waals surface area contributed by atoms with E-state index in [0.29, 0.717) is 12.5 Å². The molecule has 0 atom stereocenters. The molecule has 3 rings (SSSR count). The third-order valence-corrected chi connectivity index (χ3v) is 3.76. The molecule has 0 aliphatic heterocycles. The highest BCUT2D eigenvalue weighted by molar-refractivity contribution is 6.31. The van der Waals surface area contributed by atoms with Crippen LogP contribution >= 0.6 is 11.6 Å². The molecule has 0 fully saturated rings. The zero-order chi connectivity index (χ0) is 15.7. The second kappa shape index (κ2) is 5.81. The lowest BCUT2D eigenvalue weighted by atomic mass is 10.2. The highest BCUT2D eigenvalue weighted by Crippen LogP contribution is 2.24. The Morgan fingerprint density at radius 1 is 1.23 bits per heavy atom. The normalized spacial score (nSPS) is 10.9. The van der Waals surface area contributed by atoms with E-state index in [4.69, 9.17) is 11.6 Å². The highest BCUT2D eigenvalue weighted by atomic mass is 35.5. The van der Waals surface area contributed by atoms with E-state index in [1.54, 1.807) is 13.4 Å². The van der Waals surface area contributed by atoms with Crippen molar-refractivity contribution < 1.29 is 0 Å². The van der Waals surface area contributed by atoms with Crippen molar-refractivity contribution >= 4 is 34.5 Å². The molecule has 0 aliphatic rings. The van der Waals surface area contributed by atoms with Crippen LogP contribution in [0.5, 0.6) is 0 Å². The van der Waals surface area contributed by atoms with Crippen LogP contribution in [0, 0.1) is 0 Å². The van der Waals surface area contributed by atoms with Gasteiger partial charge in [0.05, 0.1) is 12.9 Å². The zero-order valence-electron chi connectivity index (χ0n) is 12.7. The van der Waals surface area contributed by atoms with Crippen molar-refractivity contribution in [2.45, 2.75) is 6.54 Å². The summed E-state index contributed by atoms with van der Waals surface area (Å²) in [6.45, 7) is 0.614. The number of anilines is 2. The van der Waals surface area contributed by atoms with Gasteiger partial charge >= 0.3 is 0 Å². The standard InChI is InChI=1S/C15H17ClN6/c1-17-15-19-13(21(2)3)12-14(20-15)22(9-18-12)8-10-6-4-5-7-11(10)16/h4-7,9H,8H2,1-3H3,(H,17,19,20). The zero-order valence-corrected chi connectivity index (χ0v) is 13.5. The molecule has 0 aliphatic carbocycles. The van der Waals surface area contributed by atoms with E-state index < -0.39 is 0 Å². The van der Waals surface area contributed by atoms with Crippen LogP contribution in [-0.4, -0.2) is 40.7 Å². The Morgan fingerprint density at radius 3 is 2.68 bits per heavy atom. The molecule has 0 saturated carbocycles. The smallest absolute Gasteiger partial charge is 0.226 e. The van der Waals surface area contributed by atoms with Crippen LogP contribution in [0.25, 0.3) is 11.2 Å². The Morgan fingerprint density at radius 2 is 2.00 bits per heavy atom. The van der Waals surface area contributed by atoms with Gasteiger partial charge in [-0.05, 0) is 11.6 Å². The SMILES string of the molecule is CNc1nc(N(C)C)c2ncn(Cc3ccccc3Cl)c2n1. The lowest BCUT2D eigenvalue weighted by Crippen LogP contribution is -2.13. The Labute approximate surface area is 133 Å². The van der Waals surface area contributed by atoms with Gasteiger partial charge in [0.2, 0.25) is 5.95 Å². The maximum atomic E-state index is 6.25. The number of nitrogens with one attached hydrogen (secondary N) is 1. The second-order valence-electron chi connectivity index (χ2n) is 5.15. The van der Waals surface area contributed by atoms with E-state index >= 15 is 0 Å². The average molecular weight is 317 g/mol. The van der Waals surface area contributed by atoms with E-state index in [2.05, 4.69) is 20.3 Å². The van der Waals surface area contributed by atoms with Gasteiger partial charge in [-0.2, -0.15) is 9.97 Å². The largest absolute Gasteiger partial charge is 0.361 e. The van der Waals surface area contributed by atoms with E-state index in [0.717, 1.165) is 27.6 Å². The van der Waals surface area contributed by atoms with Crippen molar-refractivity contribution in [2.24, 2.45) is 0 Å². The summed E-state index contributed by atoms with van der Waals surface area (Å²) in [6.07, 6.45) is 1.77. The van der Waals surface area contributed by atoms with Crippen LogP contribution < -0.4 is 10.2 Å². The molecule has 2 aromatic heterocycles. The van der Waals surface area contributed by atoms with Gasteiger partial charge in [0.1, 0.15) is 0 Å². The molecule has 22 heavy (non-hydrogen) atoms. The van der Waals surface area contributed by atoms with Crippen LogP contribution in [0.4, 0.5) is 11.8 Å². The number of aromatic nitrogens is 4. The summed E-state index contributed by atoms with van der Waals surface area (Å²) in [5.74, 6) is 1.35. The number of fused-ring (bicyclic) bond motifs is 1. The number of hydrogen-bond acceptors (Lipinski definition) is 5. The number of hydrogen-bond donors (Lipinski definition) is 1. The molecule has 0 amide bonds. The van der Waals surface area contributed by atoms with Crippen LogP contribution in [0.15, 0.2) is 30.6 Å². The highest BCUT2D eigenvalue weighted by Gasteiger charge is 2.15. The van der Waals surface area contributed by atoms with E-state index in [-0.39, 0.29) is 0 Å². The van der Waals surface area contributed by atoms with Gasteiger partial charge in [-0.15, -0.1) is 0 Å². The topological polar surface area (TPSA) is 58.9 Å². The third kappa shape index (κ3) is 2.57. The minimum Gasteiger partial charge on any atom is -0.361 e. The molecule has 0 bridgehead atoms. The quantitative estimate of drug-likeness (QED) is 0.802. The molecule has 6 nitrogen and oxygen atoms in total. The first-order valence-electron chi connectivity index (χ1n) is 6.91. The summed E-state index contributed by atoms with van der Waals surface area (Å²) < 4.78 is 1.98. The first kappa shape index (κ1) is 14.6. The number of benzene rings is 1. The Hall–Kier alpha value is -2.34. The molecule has 1 N–H and O–H groups in total. The summed E-state index contributed by atoms with van der Waals surface area (Å²) in [4.78, 5) is 15.4. The first-order valence-corrected chi connectivity index (χ1v) is 7.29. The predicted octanol–water partition coefficient (Wildman–Crippen LogP) is 2.64. The fourth-order valence-corrected chi connectivity index (χ4v) is 2.47. The molecule has 1 aromatic carbocycles. The molecule has 3 aromatic rings. The van der Waals surface area contributed by atoms with Crippen LogP contribution in [0.1, 0.15) is 5.56 Å². The van der Waals surface area contributed by atoms with Gasteiger partial charge < -0.3 is 14.8 Å².